The molecule has 0 spiro atoms. The first-order chi connectivity index (χ1) is 15.2. The lowest BCUT2D eigenvalue weighted by Gasteiger charge is -2.23. The van der Waals surface area contributed by atoms with Crippen LogP contribution in [0.2, 0.25) is 0 Å². The molecule has 0 aliphatic carbocycles. The van der Waals surface area contributed by atoms with Crippen molar-refractivity contribution in [2.75, 3.05) is 13.2 Å². The maximum absolute atomic E-state index is 12.7. The average Bonchev–Trinajstić information content (AvgIpc) is 2.77. The van der Waals surface area contributed by atoms with Crippen molar-refractivity contribution in [3.05, 3.63) is 35.9 Å². The number of nitrogens with two attached hydrogens (primary N) is 2. The third-order valence-electron chi connectivity index (χ3n) is 4.76. The predicted octanol–water partition coefficient (Wildman–Crippen LogP) is -1.76. The number of benzene rings is 1. The van der Waals surface area contributed by atoms with Gasteiger partial charge in [-0.15, -0.1) is 0 Å². The number of aliphatic carboxylic acids is 1. The molecule has 4 atom stereocenters. The minimum absolute atomic E-state index is 0.0827. The summed E-state index contributed by atoms with van der Waals surface area (Å²) < 4.78 is 0. The van der Waals surface area contributed by atoms with Gasteiger partial charge in [-0.1, -0.05) is 30.3 Å². The van der Waals surface area contributed by atoms with E-state index >= 15 is 0 Å². The molecule has 0 heterocycles. The number of carbonyl (C=O) groups is 4. The fourth-order valence-electron chi connectivity index (χ4n) is 2.85. The SMILES string of the molecule is CC(NC(=O)C(CCCCN)NC(=O)C(N)CO)C(=O)NC(Cc1ccccc1)C(=O)O. The molecule has 4 unspecified atom stereocenters. The standard InChI is InChI=1S/C21H33N5O6/c1-13(18(28)26-17(21(31)32)11-14-7-3-2-4-8-14)24-20(30)16(9-5-6-10-22)25-19(29)15(23)12-27/h2-4,7-8,13,15-17,27H,5-6,9-12,22-23H2,1H3,(H,24,30)(H,25,29)(H,26,28)(H,31,32). The zero-order valence-electron chi connectivity index (χ0n) is 18.1. The summed E-state index contributed by atoms with van der Waals surface area (Å²) in [5.41, 5.74) is 11.7. The summed E-state index contributed by atoms with van der Waals surface area (Å²) in [5.74, 6) is -3.21. The summed E-state index contributed by atoms with van der Waals surface area (Å²) in [6.45, 7) is 1.24. The first-order valence-electron chi connectivity index (χ1n) is 10.4. The molecule has 9 N–H and O–H groups in total. The molecule has 0 aliphatic rings. The lowest BCUT2D eigenvalue weighted by Crippen LogP contribution is -2.56. The number of unbranched alkanes of at least 4 members (excludes halogenated alkanes) is 1. The van der Waals surface area contributed by atoms with Crippen molar-refractivity contribution in [2.45, 2.75) is 56.8 Å². The number of aliphatic hydroxyl groups excluding tert-OH is 1. The Morgan fingerprint density at radius 3 is 2.12 bits per heavy atom. The van der Waals surface area contributed by atoms with E-state index in [1.807, 2.05) is 0 Å². The molecule has 0 saturated carbocycles. The van der Waals surface area contributed by atoms with Gasteiger partial charge in [0.2, 0.25) is 17.7 Å². The number of amides is 3. The molecule has 0 fully saturated rings. The number of hydrogen-bond acceptors (Lipinski definition) is 7. The molecule has 0 radical (unpaired) electrons. The molecule has 0 bridgehead atoms. The normalized spacial score (nSPS) is 14.5. The number of hydrogen-bond donors (Lipinski definition) is 7. The van der Waals surface area contributed by atoms with Crippen LogP contribution in [0.1, 0.15) is 31.7 Å². The van der Waals surface area contributed by atoms with Crippen molar-refractivity contribution in [2.24, 2.45) is 11.5 Å². The van der Waals surface area contributed by atoms with Crippen LogP contribution >= 0.6 is 0 Å². The summed E-state index contributed by atoms with van der Waals surface area (Å²) in [7, 11) is 0. The van der Waals surface area contributed by atoms with Crippen molar-refractivity contribution in [1.29, 1.82) is 0 Å². The largest absolute Gasteiger partial charge is 0.480 e. The highest BCUT2D eigenvalue weighted by Gasteiger charge is 2.28. The highest BCUT2D eigenvalue weighted by atomic mass is 16.4. The van der Waals surface area contributed by atoms with Crippen molar-refractivity contribution >= 4 is 23.7 Å². The topological polar surface area (TPSA) is 197 Å². The van der Waals surface area contributed by atoms with Gasteiger partial charge < -0.3 is 37.6 Å². The Hall–Kier alpha value is -3.02. The van der Waals surface area contributed by atoms with Crippen molar-refractivity contribution < 1.29 is 29.4 Å². The van der Waals surface area contributed by atoms with E-state index in [9.17, 15) is 24.3 Å². The molecule has 0 aromatic heterocycles. The van der Waals surface area contributed by atoms with Gasteiger partial charge in [-0.25, -0.2) is 4.79 Å². The summed E-state index contributed by atoms with van der Waals surface area (Å²) in [6, 6.07) is 4.43. The van der Waals surface area contributed by atoms with Crippen molar-refractivity contribution in [1.82, 2.24) is 16.0 Å². The summed E-state index contributed by atoms with van der Waals surface area (Å²) >= 11 is 0. The molecule has 0 saturated heterocycles. The Morgan fingerprint density at radius 1 is 0.938 bits per heavy atom. The Bertz CT molecular complexity index is 760. The molecule has 32 heavy (non-hydrogen) atoms. The minimum atomic E-state index is -1.20. The van der Waals surface area contributed by atoms with Gasteiger partial charge >= 0.3 is 5.97 Å². The van der Waals surface area contributed by atoms with Gasteiger partial charge in [0.15, 0.2) is 0 Å². The Morgan fingerprint density at radius 2 is 1.56 bits per heavy atom. The van der Waals surface area contributed by atoms with Crippen molar-refractivity contribution in [3.8, 4) is 0 Å². The number of aliphatic hydroxyl groups is 1. The zero-order valence-corrected chi connectivity index (χ0v) is 18.1. The van der Waals surface area contributed by atoms with Crippen LogP contribution in [0.25, 0.3) is 0 Å². The molecular weight excluding hydrogens is 418 g/mol. The summed E-state index contributed by atoms with van der Waals surface area (Å²) in [4.78, 5) is 48.7. The average molecular weight is 452 g/mol. The maximum Gasteiger partial charge on any atom is 0.326 e. The highest BCUT2D eigenvalue weighted by molar-refractivity contribution is 5.93. The highest BCUT2D eigenvalue weighted by Crippen LogP contribution is 2.05. The fourth-order valence-corrected chi connectivity index (χ4v) is 2.85. The smallest absolute Gasteiger partial charge is 0.326 e. The van der Waals surface area contributed by atoms with Gasteiger partial charge in [-0.2, -0.15) is 0 Å². The van der Waals surface area contributed by atoms with E-state index in [1.54, 1.807) is 30.3 Å². The predicted molar refractivity (Wildman–Crippen MR) is 117 cm³/mol. The third-order valence-corrected chi connectivity index (χ3v) is 4.76. The van der Waals surface area contributed by atoms with E-state index in [1.165, 1.54) is 6.92 Å². The van der Waals surface area contributed by atoms with E-state index < -0.39 is 54.5 Å². The van der Waals surface area contributed by atoms with E-state index in [4.69, 9.17) is 16.6 Å². The van der Waals surface area contributed by atoms with Crippen LogP contribution in [0.3, 0.4) is 0 Å². The van der Waals surface area contributed by atoms with Gasteiger partial charge in [0.25, 0.3) is 0 Å². The van der Waals surface area contributed by atoms with Crippen LogP contribution in [0.4, 0.5) is 0 Å². The molecule has 1 aromatic carbocycles. The Labute approximate surface area is 186 Å². The Kier molecular flexibility index (Phi) is 11.9. The van der Waals surface area contributed by atoms with Crippen LogP contribution < -0.4 is 27.4 Å². The minimum Gasteiger partial charge on any atom is -0.480 e. The number of rotatable bonds is 14. The molecular formula is C21H33N5O6. The number of carboxylic acids is 1. The molecule has 11 nitrogen and oxygen atoms in total. The van der Waals surface area contributed by atoms with Crippen LogP contribution in [0.5, 0.6) is 0 Å². The molecule has 0 aliphatic heterocycles. The first kappa shape index (κ1) is 27.0. The van der Waals surface area contributed by atoms with Gasteiger partial charge in [0, 0.05) is 6.42 Å². The summed E-state index contributed by atoms with van der Waals surface area (Å²) in [6.07, 6.45) is 1.51. The molecule has 11 heteroatoms. The molecule has 1 aromatic rings. The Balaban J connectivity index is 2.75. The number of carbonyl (C=O) groups excluding carboxylic acids is 3. The second-order valence-corrected chi connectivity index (χ2v) is 7.45. The second-order valence-electron chi connectivity index (χ2n) is 7.45. The third kappa shape index (κ3) is 9.41. The van der Waals surface area contributed by atoms with Crippen LogP contribution in [-0.2, 0) is 25.6 Å². The number of carboxylic acid groups (broad SMARTS) is 1. The van der Waals surface area contributed by atoms with E-state index in [0.29, 0.717) is 19.4 Å². The van der Waals surface area contributed by atoms with E-state index in [0.717, 1.165) is 5.56 Å². The molecule has 3 amide bonds. The van der Waals surface area contributed by atoms with E-state index in [-0.39, 0.29) is 12.8 Å². The fraction of sp³-hybridized carbons (Fsp3) is 0.524. The van der Waals surface area contributed by atoms with Crippen molar-refractivity contribution in [3.63, 3.8) is 0 Å². The van der Waals surface area contributed by atoms with Gasteiger partial charge in [0.1, 0.15) is 24.2 Å². The summed E-state index contributed by atoms with van der Waals surface area (Å²) in [5, 5.41) is 25.8. The number of nitrogens with one attached hydrogen (secondary N) is 3. The lowest BCUT2D eigenvalue weighted by atomic mass is 10.1. The quantitative estimate of drug-likeness (QED) is 0.161. The first-order valence-corrected chi connectivity index (χ1v) is 10.4. The van der Waals surface area contributed by atoms with Crippen LogP contribution in [0, 0.1) is 0 Å². The van der Waals surface area contributed by atoms with Gasteiger partial charge in [-0.05, 0) is 38.3 Å². The zero-order chi connectivity index (χ0) is 24.1. The molecule has 1 rings (SSSR count). The van der Waals surface area contributed by atoms with Gasteiger partial charge in [-0.3, -0.25) is 14.4 Å². The van der Waals surface area contributed by atoms with Crippen LogP contribution in [-0.4, -0.2) is 71.2 Å². The van der Waals surface area contributed by atoms with Crippen LogP contribution in [0.15, 0.2) is 30.3 Å². The lowest BCUT2D eigenvalue weighted by molar-refractivity contribution is -0.142. The monoisotopic (exact) mass is 451 g/mol. The maximum atomic E-state index is 12.7. The molecule has 178 valence electrons. The van der Waals surface area contributed by atoms with Gasteiger partial charge in [0.05, 0.1) is 6.61 Å². The van der Waals surface area contributed by atoms with E-state index in [2.05, 4.69) is 16.0 Å². The second kappa shape index (κ2) is 14.1.